The number of hydrogen-bond donors (Lipinski definition) is 3. The third kappa shape index (κ3) is 6.15. The largest absolute Gasteiger partial charge is 0.354 e. The Bertz CT molecular complexity index is 2190. The van der Waals surface area contributed by atoms with Gasteiger partial charge in [0.05, 0.1) is 5.39 Å². The number of hydrogen-bond acceptors (Lipinski definition) is 8. The van der Waals surface area contributed by atoms with Crippen LogP contribution >= 0.6 is 0 Å². The highest BCUT2D eigenvalue weighted by molar-refractivity contribution is 6.01. The molecule has 0 saturated carbocycles. The molecule has 8 rings (SSSR count). The van der Waals surface area contributed by atoms with Crippen LogP contribution in [0.3, 0.4) is 0 Å². The van der Waals surface area contributed by atoms with Crippen molar-refractivity contribution in [3.8, 4) is 0 Å². The van der Waals surface area contributed by atoms with Crippen molar-refractivity contribution in [2.24, 2.45) is 7.05 Å². The molecule has 1 saturated heterocycles. The molecule has 3 amide bonds. The second-order valence-electron chi connectivity index (χ2n) is 13.8. The molecule has 5 aromatic rings. The van der Waals surface area contributed by atoms with E-state index in [1.165, 1.54) is 5.56 Å². The fourth-order valence-electron chi connectivity index (χ4n) is 7.65. The first-order valence-electron chi connectivity index (χ1n) is 17.6. The average molecular weight is 684 g/mol. The monoisotopic (exact) mass is 683 g/mol. The Kier molecular flexibility index (Phi) is 8.37. The summed E-state index contributed by atoms with van der Waals surface area (Å²) in [7, 11) is 1.87. The summed E-state index contributed by atoms with van der Waals surface area (Å²) in [6, 6.07) is 17.7. The molecule has 3 aliphatic rings. The van der Waals surface area contributed by atoms with E-state index in [0.29, 0.717) is 68.4 Å². The number of fused-ring (bicyclic) bond motifs is 3. The van der Waals surface area contributed by atoms with Gasteiger partial charge in [-0.1, -0.05) is 36.4 Å². The molecule has 1 fully saturated rings. The van der Waals surface area contributed by atoms with E-state index in [2.05, 4.69) is 64.1 Å². The summed E-state index contributed by atoms with van der Waals surface area (Å²) < 4.78 is 1.75. The van der Waals surface area contributed by atoms with Gasteiger partial charge in [0.2, 0.25) is 17.8 Å². The smallest absolute Gasteiger partial charge is 0.255 e. The number of para-hydroxylation sites is 1. The molecule has 3 aliphatic heterocycles. The lowest BCUT2D eigenvalue weighted by molar-refractivity contribution is -0.132. The Labute approximate surface area is 296 Å². The number of nitrogens with zero attached hydrogens (tertiary/aromatic N) is 6. The molecule has 12 nitrogen and oxygen atoms in total. The average Bonchev–Trinajstić information content (AvgIpc) is 3.64. The lowest BCUT2D eigenvalue weighted by Crippen LogP contribution is -2.50. The third-order valence-corrected chi connectivity index (χ3v) is 10.5. The van der Waals surface area contributed by atoms with Crippen molar-refractivity contribution in [1.82, 2.24) is 34.9 Å². The topological polar surface area (TPSA) is 137 Å². The molecule has 1 unspecified atom stereocenters. The first kappa shape index (κ1) is 32.4. The summed E-state index contributed by atoms with van der Waals surface area (Å²) in [5, 5.41) is 15.2. The molecule has 5 heterocycles. The fraction of sp³-hybridized carbons (Fsp3) is 0.333. The van der Waals surface area contributed by atoms with Crippen molar-refractivity contribution in [3.05, 3.63) is 99.7 Å². The van der Waals surface area contributed by atoms with Crippen LogP contribution in [-0.2, 0) is 42.6 Å². The number of anilines is 4. The molecule has 3 aromatic carbocycles. The molecule has 0 spiro atoms. The first-order valence-corrected chi connectivity index (χ1v) is 17.6. The van der Waals surface area contributed by atoms with Gasteiger partial charge < -0.3 is 25.8 Å². The van der Waals surface area contributed by atoms with Gasteiger partial charge in [0.15, 0.2) is 11.5 Å². The van der Waals surface area contributed by atoms with Crippen LogP contribution in [0.15, 0.2) is 60.8 Å². The van der Waals surface area contributed by atoms with Crippen molar-refractivity contribution in [2.75, 3.05) is 23.7 Å². The Morgan fingerprint density at radius 2 is 1.82 bits per heavy atom. The molecular formula is C39H41N9O3. The standard InChI is InChI=1S/C39H41N9O3/c1-23-7-4-8-24(2)34(23)43-35-30-20-41-39(44-36(30)46(3)45-35)42-28-14-12-25-16-18-47(21-27(25)19-28)33(49)15-13-26-9-5-10-29-31(26)22-48(38(29)51)32-11-6-17-40-37(32)50/h4-5,7-10,12,14,19-20,32H,6,11,13,15-18,21-22H2,1-3H3,(H,40,50)(H,43,45)(H,41,42,44). The molecule has 51 heavy (non-hydrogen) atoms. The zero-order chi connectivity index (χ0) is 35.2. The number of carbonyl (C=O) groups excluding carboxylic acids is 3. The second kappa shape index (κ2) is 13.2. The summed E-state index contributed by atoms with van der Waals surface area (Å²) in [6.45, 7) is 6.39. The van der Waals surface area contributed by atoms with Gasteiger partial charge in [-0.15, -0.1) is 0 Å². The number of aromatic nitrogens is 4. The number of rotatable bonds is 8. The molecule has 1 atom stereocenters. The van der Waals surface area contributed by atoms with E-state index in [4.69, 9.17) is 4.98 Å². The minimum absolute atomic E-state index is 0.0827. The van der Waals surface area contributed by atoms with Gasteiger partial charge in [0, 0.05) is 62.8 Å². The first-order chi connectivity index (χ1) is 24.7. The Balaban J connectivity index is 0.925. The molecule has 0 aliphatic carbocycles. The predicted octanol–water partition coefficient (Wildman–Crippen LogP) is 5.22. The highest BCUT2D eigenvalue weighted by atomic mass is 16.2. The second-order valence-corrected chi connectivity index (χ2v) is 13.8. The van der Waals surface area contributed by atoms with Gasteiger partial charge in [-0.05, 0) is 91.1 Å². The maximum absolute atomic E-state index is 13.5. The lowest BCUT2D eigenvalue weighted by atomic mass is 9.97. The quantitative estimate of drug-likeness (QED) is 0.203. The molecule has 12 heteroatoms. The molecular weight excluding hydrogens is 642 g/mol. The Morgan fingerprint density at radius 3 is 2.65 bits per heavy atom. The van der Waals surface area contributed by atoms with Gasteiger partial charge in [-0.25, -0.2) is 9.67 Å². The number of nitrogens with one attached hydrogen (secondary N) is 3. The van der Waals surface area contributed by atoms with E-state index in [1.807, 2.05) is 42.3 Å². The number of aryl methyl sites for hydroxylation is 4. The van der Waals surface area contributed by atoms with Crippen LogP contribution < -0.4 is 16.0 Å². The number of amides is 3. The normalized spacial score (nSPS) is 17.0. The SMILES string of the molecule is Cc1cccc(C)c1Nc1nn(C)c2nc(Nc3ccc4c(c3)CN(C(=O)CCc3cccc5c3CN(C3CCCNC3=O)C5=O)CC4)ncc12. The van der Waals surface area contributed by atoms with Gasteiger partial charge in [-0.3, -0.25) is 14.4 Å². The molecule has 0 radical (unpaired) electrons. The Hall–Kier alpha value is -5.78. The lowest BCUT2D eigenvalue weighted by Gasteiger charge is -2.30. The summed E-state index contributed by atoms with van der Waals surface area (Å²) >= 11 is 0. The molecule has 260 valence electrons. The number of piperidine rings is 1. The fourth-order valence-corrected chi connectivity index (χ4v) is 7.65. The summed E-state index contributed by atoms with van der Waals surface area (Å²) in [6.07, 6.45) is 4.99. The highest BCUT2D eigenvalue weighted by Gasteiger charge is 2.38. The zero-order valence-corrected chi connectivity index (χ0v) is 29.1. The van der Waals surface area contributed by atoms with E-state index in [0.717, 1.165) is 57.4 Å². The molecule has 3 N–H and O–H groups in total. The molecule has 2 aromatic heterocycles. The highest BCUT2D eigenvalue weighted by Crippen LogP contribution is 2.32. The maximum atomic E-state index is 13.5. The summed E-state index contributed by atoms with van der Waals surface area (Å²) in [4.78, 5) is 52.3. The van der Waals surface area contributed by atoms with Crippen LogP contribution in [-0.4, -0.2) is 66.4 Å². The number of benzene rings is 3. The van der Waals surface area contributed by atoms with Crippen LogP contribution in [0.2, 0.25) is 0 Å². The van der Waals surface area contributed by atoms with Crippen LogP contribution in [0.4, 0.5) is 23.1 Å². The van der Waals surface area contributed by atoms with Crippen molar-refractivity contribution in [2.45, 2.75) is 65.1 Å². The van der Waals surface area contributed by atoms with Gasteiger partial charge >= 0.3 is 0 Å². The predicted molar refractivity (Wildman–Crippen MR) is 195 cm³/mol. The van der Waals surface area contributed by atoms with Gasteiger partial charge in [0.25, 0.3) is 5.91 Å². The third-order valence-electron chi connectivity index (χ3n) is 10.5. The van der Waals surface area contributed by atoms with E-state index in [1.54, 1.807) is 15.8 Å². The van der Waals surface area contributed by atoms with Crippen LogP contribution in [0.25, 0.3) is 11.0 Å². The van der Waals surface area contributed by atoms with Crippen molar-refractivity contribution >= 4 is 51.9 Å². The maximum Gasteiger partial charge on any atom is 0.255 e. The minimum Gasteiger partial charge on any atom is -0.354 e. The minimum atomic E-state index is -0.436. The van der Waals surface area contributed by atoms with E-state index >= 15 is 0 Å². The van der Waals surface area contributed by atoms with E-state index < -0.39 is 6.04 Å². The van der Waals surface area contributed by atoms with Crippen molar-refractivity contribution in [3.63, 3.8) is 0 Å². The zero-order valence-electron chi connectivity index (χ0n) is 29.1. The van der Waals surface area contributed by atoms with Gasteiger partial charge in [-0.2, -0.15) is 10.1 Å². The van der Waals surface area contributed by atoms with Crippen LogP contribution in [0.5, 0.6) is 0 Å². The van der Waals surface area contributed by atoms with E-state index in [9.17, 15) is 14.4 Å². The van der Waals surface area contributed by atoms with Crippen molar-refractivity contribution in [1.29, 1.82) is 0 Å². The number of carbonyl (C=O) groups is 3. The summed E-state index contributed by atoms with van der Waals surface area (Å²) in [5.41, 5.74) is 9.74. The van der Waals surface area contributed by atoms with Crippen LogP contribution in [0.1, 0.15) is 63.0 Å². The van der Waals surface area contributed by atoms with E-state index in [-0.39, 0.29) is 17.7 Å². The van der Waals surface area contributed by atoms with Crippen molar-refractivity contribution < 1.29 is 14.4 Å². The molecule has 0 bridgehead atoms. The van der Waals surface area contributed by atoms with Crippen LogP contribution in [0, 0.1) is 13.8 Å². The Morgan fingerprint density at radius 1 is 1.00 bits per heavy atom. The van der Waals surface area contributed by atoms with Gasteiger partial charge in [0.1, 0.15) is 6.04 Å². The summed E-state index contributed by atoms with van der Waals surface area (Å²) in [5.74, 6) is 1.07.